The van der Waals surface area contributed by atoms with Gasteiger partial charge in [0.25, 0.3) is 11.8 Å². The summed E-state index contributed by atoms with van der Waals surface area (Å²) >= 11 is 0. The normalized spacial score (nSPS) is 23.3. The molecule has 0 radical (unpaired) electrons. The number of fused-ring (bicyclic) bond motifs is 1. The molecule has 8 atom stereocenters. The van der Waals surface area contributed by atoms with E-state index in [1.54, 1.807) is 38.1 Å². The summed E-state index contributed by atoms with van der Waals surface area (Å²) in [6.45, 7) is 4.28. The molecule has 3 aromatic rings. The van der Waals surface area contributed by atoms with Crippen LogP contribution >= 0.6 is 0 Å². The number of likely N-dealkylation sites (tertiary alicyclic amines) is 1. The Morgan fingerprint density at radius 1 is 0.968 bits per heavy atom. The van der Waals surface area contributed by atoms with Gasteiger partial charge in [-0.25, -0.2) is 19.7 Å². The van der Waals surface area contributed by atoms with Gasteiger partial charge in [-0.1, -0.05) is 26.0 Å². The van der Waals surface area contributed by atoms with Crippen LogP contribution in [0.4, 0.5) is 16.3 Å². The number of rotatable bonds is 16. The molecule has 0 saturated carbocycles. The van der Waals surface area contributed by atoms with Gasteiger partial charge in [-0.05, 0) is 37.0 Å². The highest BCUT2D eigenvalue weighted by Gasteiger charge is 2.46. The number of aromatic nitrogens is 4. The third-order valence-corrected chi connectivity index (χ3v) is 10.6. The maximum Gasteiger partial charge on any atom is 0.410 e. The average molecular weight is 864 g/mol. The summed E-state index contributed by atoms with van der Waals surface area (Å²) in [6, 6.07) is 3.26. The Kier molecular flexibility index (Phi) is 14.4. The number of nitrogens with one attached hydrogen (secondary N) is 6. The van der Waals surface area contributed by atoms with Crippen molar-refractivity contribution in [1.29, 1.82) is 0 Å². The molecule has 332 valence electrons. The van der Waals surface area contributed by atoms with Crippen molar-refractivity contribution in [3.63, 3.8) is 0 Å². The van der Waals surface area contributed by atoms with Crippen molar-refractivity contribution in [3.05, 3.63) is 54.6 Å². The highest BCUT2D eigenvalue weighted by atomic mass is 16.6. The molecule has 0 bridgehead atoms. The predicted octanol–water partition coefficient (Wildman–Crippen LogP) is -1.75. The second kappa shape index (κ2) is 19.9. The summed E-state index contributed by atoms with van der Waals surface area (Å²) in [5, 5.41) is 45.4. The van der Waals surface area contributed by atoms with Crippen LogP contribution in [-0.4, -0.2) is 155 Å². The molecular formula is C39H49N11O12. The highest BCUT2D eigenvalue weighted by molar-refractivity contribution is 6.13. The van der Waals surface area contributed by atoms with Crippen molar-refractivity contribution >= 4 is 64.2 Å². The van der Waals surface area contributed by atoms with E-state index < -0.39 is 96.7 Å². The van der Waals surface area contributed by atoms with E-state index in [-0.39, 0.29) is 44.4 Å². The zero-order chi connectivity index (χ0) is 44.7. The number of aromatic amines is 1. The first-order valence-corrected chi connectivity index (χ1v) is 19.9. The fraction of sp³-hybridized carbons (Fsp3) is 0.487. The number of ether oxygens (including phenoxy) is 2. The molecule has 3 aliphatic rings. The minimum absolute atomic E-state index is 0.0176. The van der Waals surface area contributed by atoms with Gasteiger partial charge in [0.2, 0.25) is 23.6 Å². The quantitative estimate of drug-likeness (QED) is 0.0721. The van der Waals surface area contributed by atoms with Crippen molar-refractivity contribution in [2.45, 2.75) is 82.9 Å². The van der Waals surface area contributed by atoms with Crippen molar-refractivity contribution < 1.29 is 58.4 Å². The minimum atomic E-state index is -1.55. The van der Waals surface area contributed by atoms with E-state index in [9.17, 15) is 48.9 Å². The Bertz CT molecular complexity index is 2160. The molecule has 3 aliphatic heterocycles. The molecule has 23 heteroatoms. The number of amides is 7. The number of nitrogens with zero attached hydrogens (tertiary/aromatic N) is 5. The van der Waals surface area contributed by atoms with E-state index in [2.05, 4.69) is 46.5 Å². The lowest BCUT2D eigenvalue weighted by atomic mass is 9.94. The molecule has 0 aliphatic carbocycles. The number of carbonyl (C=O) groups is 7. The van der Waals surface area contributed by atoms with Crippen LogP contribution in [0.2, 0.25) is 0 Å². The fourth-order valence-corrected chi connectivity index (χ4v) is 7.04. The summed E-state index contributed by atoms with van der Waals surface area (Å²) < 4.78 is 11.3. The molecule has 6 rings (SSSR count). The number of carbonyl (C=O) groups excluding carboxylic acids is 7. The molecule has 23 nitrogen and oxygen atoms in total. The Hall–Kier alpha value is -6.56. The van der Waals surface area contributed by atoms with Crippen LogP contribution in [0.3, 0.4) is 0 Å². The van der Waals surface area contributed by atoms with Crippen LogP contribution in [0.5, 0.6) is 0 Å². The number of benzene rings is 1. The molecule has 1 aromatic carbocycles. The molecule has 7 amide bonds. The maximum atomic E-state index is 13.3. The van der Waals surface area contributed by atoms with Gasteiger partial charge in [0.15, 0.2) is 17.7 Å². The lowest BCUT2D eigenvalue weighted by Crippen LogP contribution is -2.66. The molecule has 0 unspecified atom stereocenters. The number of imidazole rings is 1. The van der Waals surface area contributed by atoms with E-state index in [1.165, 1.54) is 24.5 Å². The van der Waals surface area contributed by atoms with Crippen LogP contribution in [0.25, 0.3) is 11.2 Å². The second-order valence-electron chi connectivity index (χ2n) is 15.4. The number of imide groups is 1. The number of hydrogen-bond donors (Lipinski definition) is 9. The van der Waals surface area contributed by atoms with Crippen LogP contribution < -0.4 is 26.6 Å². The molecule has 2 aromatic heterocycles. The fourth-order valence-electron chi connectivity index (χ4n) is 7.04. The maximum absolute atomic E-state index is 13.3. The summed E-state index contributed by atoms with van der Waals surface area (Å²) in [5.41, 5.74) is 1.78. The van der Waals surface area contributed by atoms with Crippen LogP contribution in [0, 0.1) is 11.8 Å². The molecule has 2 saturated heterocycles. The average Bonchev–Trinajstić information content (AvgIpc) is 4.02. The number of aliphatic hydroxyl groups excluding tert-OH is 3. The Morgan fingerprint density at radius 3 is 2.39 bits per heavy atom. The second-order valence-corrected chi connectivity index (χ2v) is 15.4. The molecule has 62 heavy (non-hydrogen) atoms. The van der Waals surface area contributed by atoms with E-state index >= 15 is 0 Å². The smallest absolute Gasteiger partial charge is 0.410 e. The molecular weight excluding hydrogens is 814 g/mol. The summed E-state index contributed by atoms with van der Waals surface area (Å²) in [7, 11) is 0. The Labute approximate surface area is 354 Å². The zero-order valence-corrected chi connectivity index (χ0v) is 34.0. The molecule has 0 spiro atoms. The third-order valence-electron chi connectivity index (χ3n) is 10.6. The van der Waals surface area contributed by atoms with Crippen molar-refractivity contribution in [3.8, 4) is 0 Å². The van der Waals surface area contributed by atoms with Gasteiger partial charge in [0, 0.05) is 43.9 Å². The number of aliphatic hydroxyl groups is 3. The summed E-state index contributed by atoms with van der Waals surface area (Å²) in [4.78, 5) is 106. The van der Waals surface area contributed by atoms with Gasteiger partial charge < -0.3 is 61.3 Å². The van der Waals surface area contributed by atoms with Gasteiger partial charge in [0.1, 0.15) is 48.8 Å². The van der Waals surface area contributed by atoms with Gasteiger partial charge >= 0.3 is 6.09 Å². The topological polar surface area (TPSA) is 320 Å². The highest BCUT2D eigenvalue weighted by Crippen LogP contribution is 2.26. The van der Waals surface area contributed by atoms with E-state index in [4.69, 9.17) is 9.47 Å². The molecule has 2 fully saturated rings. The van der Waals surface area contributed by atoms with Gasteiger partial charge in [-0.2, -0.15) is 0 Å². The lowest BCUT2D eigenvalue weighted by molar-refractivity contribution is -0.185. The van der Waals surface area contributed by atoms with Gasteiger partial charge in [-0.3, -0.25) is 33.7 Å². The van der Waals surface area contributed by atoms with Crippen LogP contribution in [0.1, 0.15) is 39.2 Å². The number of anilines is 2. The first kappa shape index (κ1) is 45.0. The molecule has 5 heterocycles. The number of hydrogen-bond acceptors (Lipinski definition) is 16. The van der Waals surface area contributed by atoms with Crippen LogP contribution in [-0.2, 0) is 44.8 Å². The standard InChI is InChI=1S/C39H49N11O12/c1-19(2)28(46-25(52)11-13-50-26(53)8-9-27(50)54)37(59)44-20(3)35(57)45-23-6-4-21(5-7-23)16-61-39(60)49-12-10-22(14-49)36(58)47-29-24(15-51)62-38(32(56)31(29)55)48-34-30-33(41-17-40-30)42-18-43-34/h4-9,17-20,22,24,28-29,31-32,38,51,55-56H,10-16H2,1-3H3,(H,44,59)(H,45,57)(H,46,52)(H,47,58)(H2,40,41,42,43,48)/t20-,22-,24-,28-,29-,31+,32-,38-/m0/s1. The van der Waals surface area contributed by atoms with Crippen molar-refractivity contribution in [2.75, 3.05) is 36.9 Å². The summed E-state index contributed by atoms with van der Waals surface area (Å²) in [6.07, 6.45) is -1.08. The van der Waals surface area contributed by atoms with E-state index in [1.807, 2.05) is 0 Å². The van der Waals surface area contributed by atoms with Crippen molar-refractivity contribution in [2.24, 2.45) is 11.8 Å². The predicted molar refractivity (Wildman–Crippen MR) is 215 cm³/mol. The van der Waals surface area contributed by atoms with Crippen molar-refractivity contribution in [1.82, 2.24) is 45.7 Å². The lowest BCUT2D eigenvalue weighted by Gasteiger charge is -2.43. The third kappa shape index (κ3) is 10.7. The monoisotopic (exact) mass is 863 g/mol. The number of H-pyrrole nitrogens is 1. The van der Waals surface area contributed by atoms with Gasteiger partial charge in [-0.15, -0.1) is 0 Å². The summed E-state index contributed by atoms with van der Waals surface area (Å²) in [5.74, 6) is -4.02. The van der Waals surface area contributed by atoms with E-state index in [0.717, 1.165) is 17.1 Å². The first-order valence-electron chi connectivity index (χ1n) is 19.9. The first-order chi connectivity index (χ1) is 29.6. The van der Waals surface area contributed by atoms with E-state index in [0.29, 0.717) is 28.8 Å². The SMILES string of the molecule is CC(C)[C@H](NC(=O)CCN1C(=O)C=CC1=O)C(=O)N[C@@H](C)C(=O)Nc1ccc(COC(=O)N2CC[C@H](C(=O)N[C@@H]3[C@@H](O)[C@H](O)[C@@H](Nc4ncnc5nc[nH]c45)O[C@H]3CO)C2)cc1. The Balaban J connectivity index is 0.914. The minimum Gasteiger partial charge on any atom is -0.445 e. The van der Waals surface area contributed by atoms with Crippen LogP contribution in [0.15, 0.2) is 49.1 Å². The Morgan fingerprint density at radius 2 is 1.69 bits per heavy atom. The largest absolute Gasteiger partial charge is 0.445 e. The molecule has 9 N–H and O–H groups in total. The zero-order valence-electron chi connectivity index (χ0n) is 34.0. The van der Waals surface area contributed by atoms with Gasteiger partial charge in [0.05, 0.1) is 24.9 Å².